The first-order chi connectivity index (χ1) is 13.2. The van der Waals surface area contributed by atoms with Crippen molar-refractivity contribution < 1.29 is 18.3 Å². The largest absolute Gasteiger partial charge is 0.481 e. The zero-order valence-corrected chi connectivity index (χ0v) is 17.3. The highest BCUT2D eigenvalue weighted by Gasteiger charge is 2.42. The summed E-state index contributed by atoms with van der Waals surface area (Å²) in [5.41, 5.74) is 1.73. The fraction of sp³-hybridized carbons (Fsp3) is 0.381. The smallest absolute Gasteiger partial charge is 0.307 e. The van der Waals surface area contributed by atoms with Crippen LogP contribution in [0.15, 0.2) is 53.4 Å². The monoisotopic (exact) mass is 421 g/mol. The van der Waals surface area contributed by atoms with Crippen molar-refractivity contribution in [2.24, 2.45) is 11.3 Å². The topological polar surface area (TPSA) is 83.5 Å². The van der Waals surface area contributed by atoms with Gasteiger partial charge in [-0.05, 0) is 66.0 Å². The summed E-state index contributed by atoms with van der Waals surface area (Å²) in [6.07, 6.45) is 2.66. The molecule has 28 heavy (non-hydrogen) atoms. The summed E-state index contributed by atoms with van der Waals surface area (Å²) in [4.78, 5) is 11.0. The Morgan fingerprint density at radius 2 is 1.68 bits per heavy atom. The zero-order chi connectivity index (χ0) is 20.4. The molecule has 0 aromatic heterocycles. The maximum atomic E-state index is 12.6. The molecule has 2 aromatic rings. The first-order valence-electron chi connectivity index (χ1n) is 9.22. The predicted molar refractivity (Wildman–Crippen MR) is 109 cm³/mol. The number of hydrogen-bond acceptors (Lipinski definition) is 3. The van der Waals surface area contributed by atoms with Crippen LogP contribution < -0.4 is 4.72 Å². The minimum atomic E-state index is -3.59. The number of sulfonamides is 1. The quantitative estimate of drug-likeness (QED) is 0.677. The number of halogens is 1. The Hall–Kier alpha value is -1.89. The van der Waals surface area contributed by atoms with Crippen molar-refractivity contribution in [3.63, 3.8) is 0 Å². The molecular formula is C21H24ClNO4S. The summed E-state index contributed by atoms with van der Waals surface area (Å²) < 4.78 is 28.0. The van der Waals surface area contributed by atoms with Crippen LogP contribution in [0.3, 0.4) is 0 Å². The van der Waals surface area contributed by atoms with E-state index in [2.05, 4.69) is 11.6 Å². The van der Waals surface area contributed by atoms with E-state index in [1.54, 1.807) is 12.1 Å². The molecule has 0 radical (unpaired) electrons. The fourth-order valence-corrected chi connectivity index (χ4v) is 5.38. The van der Waals surface area contributed by atoms with Gasteiger partial charge in [-0.3, -0.25) is 4.79 Å². The lowest BCUT2D eigenvalue weighted by Crippen LogP contribution is -2.47. The molecule has 0 bridgehead atoms. The van der Waals surface area contributed by atoms with Crippen LogP contribution in [0.4, 0.5) is 0 Å². The summed E-state index contributed by atoms with van der Waals surface area (Å²) in [6.45, 7) is 2.54. The lowest BCUT2D eigenvalue weighted by Gasteiger charge is -2.47. The molecule has 0 unspecified atom stereocenters. The van der Waals surface area contributed by atoms with Crippen molar-refractivity contribution in [3.05, 3.63) is 64.7 Å². The van der Waals surface area contributed by atoms with Crippen LogP contribution in [0.1, 0.15) is 30.9 Å². The Kier molecular flexibility index (Phi) is 6.12. The van der Waals surface area contributed by atoms with E-state index in [1.807, 2.05) is 24.3 Å². The molecule has 2 aromatic carbocycles. The van der Waals surface area contributed by atoms with E-state index in [-0.39, 0.29) is 16.7 Å². The fourth-order valence-electron chi connectivity index (χ4n) is 4.10. The molecule has 1 aliphatic carbocycles. The van der Waals surface area contributed by atoms with Gasteiger partial charge in [0.15, 0.2) is 0 Å². The molecule has 2 N–H and O–H groups in total. The minimum absolute atomic E-state index is 0.00332. The number of rotatable bonds is 8. The first kappa shape index (κ1) is 20.8. The molecule has 1 saturated carbocycles. The van der Waals surface area contributed by atoms with Crippen LogP contribution in [0, 0.1) is 11.3 Å². The van der Waals surface area contributed by atoms with E-state index in [4.69, 9.17) is 16.7 Å². The first-order valence-corrected chi connectivity index (χ1v) is 11.1. The third kappa shape index (κ3) is 5.13. The minimum Gasteiger partial charge on any atom is -0.481 e. The van der Waals surface area contributed by atoms with Crippen molar-refractivity contribution >= 4 is 27.6 Å². The second kappa shape index (κ2) is 8.23. The maximum absolute atomic E-state index is 12.6. The van der Waals surface area contributed by atoms with Gasteiger partial charge in [0.25, 0.3) is 0 Å². The van der Waals surface area contributed by atoms with Gasteiger partial charge < -0.3 is 5.11 Å². The van der Waals surface area contributed by atoms with Crippen molar-refractivity contribution in [2.45, 2.75) is 37.5 Å². The Labute approximate surface area is 170 Å². The van der Waals surface area contributed by atoms with E-state index >= 15 is 0 Å². The number of carboxylic acids is 1. The molecular weight excluding hydrogens is 398 g/mol. The van der Waals surface area contributed by atoms with E-state index in [9.17, 15) is 13.2 Å². The van der Waals surface area contributed by atoms with Gasteiger partial charge in [0.2, 0.25) is 10.0 Å². The molecule has 0 spiro atoms. The zero-order valence-electron chi connectivity index (χ0n) is 15.7. The number of benzene rings is 2. The molecule has 0 amide bonds. The van der Waals surface area contributed by atoms with Crippen molar-refractivity contribution in [3.8, 4) is 0 Å². The summed E-state index contributed by atoms with van der Waals surface area (Å²) in [5, 5.41) is 9.38. The molecule has 1 fully saturated rings. The second-order valence-corrected chi connectivity index (χ2v) is 10.1. The second-order valence-electron chi connectivity index (χ2n) is 7.86. The Bertz CT molecular complexity index is 933. The molecule has 0 atom stereocenters. The van der Waals surface area contributed by atoms with Crippen LogP contribution in [-0.2, 0) is 27.7 Å². The summed E-state index contributed by atoms with van der Waals surface area (Å²) in [7, 11) is -3.59. The highest BCUT2D eigenvalue weighted by Crippen LogP contribution is 2.47. The van der Waals surface area contributed by atoms with Gasteiger partial charge in [-0.2, -0.15) is 0 Å². The molecule has 0 heterocycles. The standard InChI is InChI=1S/C21H24ClNO4S/c1-15-11-21(12-15,13-17-4-2-16(3-5-17)10-20(24)25)14-23-28(26,27)19-8-6-18(22)7-9-19/h2-9,15,23H,10-14H2,1H3,(H,24,25). The maximum Gasteiger partial charge on any atom is 0.307 e. The van der Waals surface area contributed by atoms with Crippen molar-refractivity contribution in [1.82, 2.24) is 4.72 Å². The van der Waals surface area contributed by atoms with Crippen molar-refractivity contribution in [2.75, 3.05) is 6.54 Å². The average Bonchev–Trinajstić information content (AvgIpc) is 2.60. The molecule has 150 valence electrons. The number of hydrogen-bond donors (Lipinski definition) is 2. The van der Waals surface area contributed by atoms with Crippen LogP contribution in [0.5, 0.6) is 0 Å². The normalized spacial score (nSPS) is 21.9. The Morgan fingerprint density at radius 3 is 2.21 bits per heavy atom. The van der Waals surface area contributed by atoms with Gasteiger partial charge in [-0.25, -0.2) is 13.1 Å². The Balaban J connectivity index is 1.68. The van der Waals surface area contributed by atoms with E-state index < -0.39 is 16.0 Å². The van der Waals surface area contributed by atoms with E-state index in [0.717, 1.165) is 30.4 Å². The SMILES string of the molecule is CC1CC(CNS(=O)(=O)c2ccc(Cl)cc2)(Cc2ccc(CC(=O)O)cc2)C1. The number of nitrogens with one attached hydrogen (secondary N) is 1. The molecule has 5 nitrogen and oxygen atoms in total. The lowest BCUT2D eigenvalue weighted by atomic mass is 9.60. The molecule has 0 saturated heterocycles. The molecule has 0 aliphatic heterocycles. The third-order valence-electron chi connectivity index (χ3n) is 5.28. The summed E-state index contributed by atoms with van der Waals surface area (Å²) in [6, 6.07) is 13.7. The number of carbonyl (C=O) groups is 1. The highest BCUT2D eigenvalue weighted by molar-refractivity contribution is 7.89. The third-order valence-corrected chi connectivity index (χ3v) is 6.95. The number of carboxylic acid groups (broad SMARTS) is 1. The summed E-state index contributed by atoms with van der Waals surface area (Å²) in [5.74, 6) is -0.292. The number of aliphatic carboxylic acids is 1. The van der Waals surface area contributed by atoms with Gasteiger partial charge in [-0.1, -0.05) is 42.8 Å². The lowest BCUT2D eigenvalue weighted by molar-refractivity contribution is -0.136. The van der Waals surface area contributed by atoms with Gasteiger partial charge in [-0.15, -0.1) is 0 Å². The van der Waals surface area contributed by atoms with Crippen LogP contribution in [-0.4, -0.2) is 26.0 Å². The van der Waals surface area contributed by atoms with Gasteiger partial charge in [0, 0.05) is 11.6 Å². The van der Waals surface area contributed by atoms with Crippen LogP contribution in [0.25, 0.3) is 0 Å². The average molecular weight is 422 g/mol. The summed E-state index contributed by atoms with van der Waals surface area (Å²) >= 11 is 5.84. The van der Waals surface area contributed by atoms with Gasteiger partial charge in [0.05, 0.1) is 11.3 Å². The van der Waals surface area contributed by atoms with Crippen LogP contribution in [0.2, 0.25) is 5.02 Å². The van der Waals surface area contributed by atoms with Gasteiger partial charge >= 0.3 is 5.97 Å². The molecule has 3 rings (SSSR count). The van der Waals surface area contributed by atoms with Crippen LogP contribution >= 0.6 is 11.6 Å². The Morgan fingerprint density at radius 1 is 1.11 bits per heavy atom. The van der Waals surface area contributed by atoms with E-state index in [0.29, 0.717) is 17.5 Å². The van der Waals surface area contributed by atoms with Gasteiger partial charge in [0.1, 0.15) is 0 Å². The predicted octanol–water partition coefficient (Wildman–Crippen LogP) is 3.90. The molecule has 1 aliphatic rings. The molecule has 7 heteroatoms. The highest BCUT2D eigenvalue weighted by atomic mass is 35.5. The van der Waals surface area contributed by atoms with E-state index in [1.165, 1.54) is 12.1 Å². The van der Waals surface area contributed by atoms with Crippen molar-refractivity contribution in [1.29, 1.82) is 0 Å².